The molecule has 1 fully saturated rings. The molecule has 9 heteroatoms. The number of ether oxygens (including phenoxy) is 1. The molecular formula is C16H19FN4O3S. The number of aromatic nitrogens is 2. The number of benzene rings is 1. The van der Waals surface area contributed by atoms with E-state index in [9.17, 15) is 12.8 Å². The van der Waals surface area contributed by atoms with Crippen LogP contribution in [-0.4, -0.2) is 56.0 Å². The summed E-state index contributed by atoms with van der Waals surface area (Å²) in [6.45, 7) is 3.43. The molecule has 3 rings (SSSR count). The first kappa shape index (κ1) is 17.6. The SMILES string of the molecule is COc1cc(N2CCN(S(=O)(=O)c3ccc(F)cc3)CC2)nc(C)n1. The van der Waals surface area contributed by atoms with Gasteiger partial charge in [0.15, 0.2) is 0 Å². The molecule has 0 radical (unpaired) electrons. The van der Waals surface area contributed by atoms with Crippen LogP contribution < -0.4 is 9.64 Å². The Morgan fingerprint density at radius 2 is 1.72 bits per heavy atom. The van der Waals surface area contributed by atoms with Crippen molar-refractivity contribution in [2.45, 2.75) is 11.8 Å². The van der Waals surface area contributed by atoms with Gasteiger partial charge in [0.1, 0.15) is 17.5 Å². The van der Waals surface area contributed by atoms with E-state index in [-0.39, 0.29) is 4.90 Å². The molecule has 7 nitrogen and oxygen atoms in total. The first-order valence-electron chi connectivity index (χ1n) is 7.80. The number of rotatable bonds is 4. The van der Waals surface area contributed by atoms with Crippen molar-refractivity contribution in [1.29, 1.82) is 0 Å². The fourth-order valence-electron chi connectivity index (χ4n) is 2.71. The molecule has 0 aliphatic carbocycles. The summed E-state index contributed by atoms with van der Waals surface area (Å²) in [5.41, 5.74) is 0. The van der Waals surface area contributed by atoms with Gasteiger partial charge in [-0.05, 0) is 31.2 Å². The van der Waals surface area contributed by atoms with Crippen LogP contribution in [0.3, 0.4) is 0 Å². The molecule has 1 aromatic carbocycles. The molecular weight excluding hydrogens is 347 g/mol. The number of aryl methyl sites for hydroxylation is 1. The predicted octanol–water partition coefficient (Wildman–Crippen LogP) is 1.44. The lowest BCUT2D eigenvalue weighted by atomic mass is 10.3. The lowest BCUT2D eigenvalue weighted by molar-refractivity contribution is 0.380. The molecule has 25 heavy (non-hydrogen) atoms. The number of methoxy groups -OCH3 is 1. The molecule has 2 aromatic rings. The number of hydrogen-bond donors (Lipinski definition) is 0. The second kappa shape index (κ2) is 6.93. The number of anilines is 1. The lowest BCUT2D eigenvalue weighted by Crippen LogP contribution is -2.49. The Kier molecular flexibility index (Phi) is 4.87. The van der Waals surface area contributed by atoms with Crippen molar-refractivity contribution in [3.8, 4) is 5.88 Å². The zero-order valence-corrected chi connectivity index (χ0v) is 14.8. The quantitative estimate of drug-likeness (QED) is 0.815. The third-order valence-electron chi connectivity index (χ3n) is 4.02. The topological polar surface area (TPSA) is 75.6 Å². The molecule has 1 saturated heterocycles. The molecule has 1 aromatic heterocycles. The molecule has 0 atom stereocenters. The fraction of sp³-hybridized carbons (Fsp3) is 0.375. The largest absolute Gasteiger partial charge is 0.481 e. The third-order valence-corrected chi connectivity index (χ3v) is 5.94. The highest BCUT2D eigenvalue weighted by Gasteiger charge is 2.29. The van der Waals surface area contributed by atoms with E-state index in [0.717, 1.165) is 12.1 Å². The Bertz CT molecular complexity index is 850. The van der Waals surface area contributed by atoms with E-state index in [2.05, 4.69) is 9.97 Å². The maximum absolute atomic E-state index is 13.0. The van der Waals surface area contributed by atoms with Crippen LogP contribution >= 0.6 is 0 Å². The van der Waals surface area contributed by atoms with Gasteiger partial charge < -0.3 is 9.64 Å². The smallest absolute Gasteiger partial charge is 0.243 e. The summed E-state index contributed by atoms with van der Waals surface area (Å²) in [6, 6.07) is 6.61. The summed E-state index contributed by atoms with van der Waals surface area (Å²) in [5, 5.41) is 0. The first-order chi connectivity index (χ1) is 11.9. The summed E-state index contributed by atoms with van der Waals surface area (Å²) in [4.78, 5) is 10.6. The number of sulfonamides is 1. The Hall–Kier alpha value is -2.26. The highest BCUT2D eigenvalue weighted by atomic mass is 32.2. The molecule has 0 bridgehead atoms. The average Bonchev–Trinajstić information content (AvgIpc) is 2.61. The van der Waals surface area contributed by atoms with E-state index < -0.39 is 15.8 Å². The van der Waals surface area contributed by atoms with E-state index in [4.69, 9.17) is 4.74 Å². The van der Waals surface area contributed by atoms with Crippen molar-refractivity contribution < 1.29 is 17.5 Å². The van der Waals surface area contributed by atoms with Crippen LogP contribution in [0.2, 0.25) is 0 Å². The van der Waals surface area contributed by atoms with E-state index in [1.54, 1.807) is 20.1 Å². The summed E-state index contributed by atoms with van der Waals surface area (Å²) in [6.07, 6.45) is 0. The van der Waals surface area contributed by atoms with E-state index >= 15 is 0 Å². The predicted molar refractivity (Wildman–Crippen MR) is 90.7 cm³/mol. The monoisotopic (exact) mass is 366 g/mol. The van der Waals surface area contributed by atoms with Crippen LogP contribution in [0.4, 0.5) is 10.2 Å². The first-order valence-corrected chi connectivity index (χ1v) is 9.24. The summed E-state index contributed by atoms with van der Waals surface area (Å²) < 4.78 is 44.8. The minimum absolute atomic E-state index is 0.0990. The molecule has 2 heterocycles. The molecule has 0 N–H and O–H groups in total. The lowest BCUT2D eigenvalue weighted by Gasteiger charge is -2.34. The molecule has 0 saturated carbocycles. The molecule has 0 unspecified atom stereocenters. The van der Waals surface area contributed by atoms with E-state index in [1.807, 2.05) is 4.90 Å². The van der Waals surface area contributed by atoms with Gasteiger partial charge in [0.25, 0.3) is 0 Å². The maximum Gasteiger partial charge on any atom is 0.243 e. The van der Waals surface area contributed by atoms with Gasteiger partial charge in [0.2, 0.25) is 15.9 Å². The molecule has 0 spiro atoms. The van der Waals surface area contributed by atoms with Crippen molar-refractivity contribution in [3.63, 3.8) is 0 Å². The summed E-state index contributed by atoms with van der Waals surface area (Å²) in [7, 11) is -2.08. The maximum atomic E-state index is 13.0. The van der Waals surface area contributed by atoms with Gasteiger partial charge in [0.05, 0.1) is 12.0 Å². The van der Waals surface area contributed by atoms with E-state index in [1.165, 1.54) is 16.4 Å². The zero-order chi connectivity index (χ0) is 18.0. The number of hydrogen-bond acceptors (Lipinski definition) is 6. The Balaban J connectivity index is 1.73. The number of nitrogens with zero attached hydrogens (tertiary/aromatic N) is 4. The Labute approximate surface area is 146 Å². The third kappa shape index (κ3) is 3.72. The van der Waals surface area contributed by atoms with Crippen molar-refractivity contribution in [1.82, 2.24) is 14.3 Å². The minimum Gasteiger partial charge on any atom is -0.481 e. The van der Waals surface area contributed by atoms with Crippen LogP contribution in [0.25, 0.3) is 0 Å². The number of piperazine rings is 1. The molecule has 134 valence electrons. The molecule has 0 amide bonds. The van der Waals surface area contributed by atoms with Gasteiger partial charge >= 0.3 is 0 Å². The van der Waals surface area contributed by atoms with Gasteiger partial charge in [-0.3, -0.25) is 0 Å². The van der Waals surface area contributed by atoms with Crippen molar-refractivity contribution in [2.24, 2.45) is 0 Å². The zero-order valence-electron chi connectivity index (χ0n) is 14.0. The second-order valence-electron chi connectivity index (χ2n) is 5.66. The van der Waals surface area contributed by atoms with Crippen LogP contribution in [0.5, 0.6) is 5.88 Å². The van der Waals surface area contributed by atoms with Crippen LogP contribution in [-0.2, 0) is 10.0 Å². The summed E-state index contributed by atoms with van der Waals surface area (Å²) in [5.74, 6) is 1.32. The van der Waals surface area contributed by atoms with Gasteiger partial charge in [-0.2, -0.15) is 9.29 Å². The van der Waals surface area contributed by atoms with Gasteiger partial charge in [-0.15, -0.1) is 0 Å². The fourth-order valence-corrected chi connectivity index (χ4v) is 4.13. The van der Waals surface area contributed by atoms with Crippen LogP contribution in [0.15, 0.2) is 35.2 Å². The normalized spacial score (nSPS) is 16.0. The molecule has 1 aliphatic heterocycles. The van der Waals surface area contributed by atoms with Crippen LogP contribution in [0, 0.1) is 12.7 Å². The Morgan fingerprint density at radius 1 is 1.08 bits per heavy atom. The van der Waals surface area contributed by atoms with Crippen molar-refractivity contribution >= 4 is 15.8 Å². The van der Waals surface area contributed by atoms with Crippen molar-refractivity contribution in [3.05, 3.63) is 42.0 Å². The molecule has 1 aliphatic rings. The highest BCUT2D eigenvalue weighted by molar-refractivity contribution is 7.89. The summed E-state index contributed by atoms with van der Waals surface area (Å²) >= 11 is 0. The van der Waals surface area contributed by atoms with Crippen molar-refractivity contribution in [2.75, 3.05) is 38.2 Å². The van der Waals surface area contributed by atoms with Crippen LogP contribution in [0.1, 0.15) is 5.82 Å². The van der Waals surface area contributed by atoms with E-state index in [0.29, 0.717) is 43.7 Å². The van der Waals surface area contributed by atoms with Gasteiger partial charge in [-0.25, -0.2) is 17.8 Å². The highest BCUT2D eigenvalue weighted by Crippen LogP contribution is 2.22. The average molecular weight is 366 g/mol. The van der Waals surface area contributed by atoms with Gasteiger partial charge in [-0.1, -0.05) is 0 Å². The standard InChI is InChI=1S/C16H19FN4O3S/c1-12-18-15(11-16(19-12)24-2)20-7-9-21(10-8-20)25(22,23)14-5-3-13(17)4-6-14/h3-6,11H,7-10H2,1-2H3. The van der Waals surface area contributed by atoms with Gasteiger partial charge in [0, 0.05) is 32.2 Å². The second-order valence-corrected chi connectivity index (χ2v) is 7.60. The minimum atomic E-state index is -3.62. The number of halogens is 1. The Morgan fingerprint density at radius 3 is 2.32 bits per heavy atom.